The Labute approximate surface area is 180 Å². The minimum absolute atomic E-state index is 0.637. The van der Waals surface area contributed by atoms with Crippen molar-refractivity contribution in [3.05, 3.63) is 64.6 Å². The zero-order chi connectivity index (χ0) is 20.9. The molecule has 1 atom stereocenters. The molecule has 0 aromatic carbocycles. The summed E-state index contributed by atoms with van der Waals surface area (Å²) in [6.07, 6.45) is 17.8. The fourth-order valence-electron chi connectivity index (χ4n) is 4.84. The van der Waals surface area contributed by atoms with Crippen molar-refractivity contribution < 1.29 is 4.74 Å². The van der Waals surface area contributed by atoms with E-state index in [0.717, 1.165) is 29.3 Å². The highest BCUT2D eigenvalue weighted by molar-refractivity contribution is 6.11. The lowest BCUT2D eigenvalue weighted by atomic mass is 9.87. The van der Waals surface area contributed by atoms with E-state index in [1.165, 1.54) is 68.3 Å². The fraction of sp³-hybridized carbons (Fsp3) is 0.500. The first-order valence-electron chi connectivity index (χ1n) is 11.6. The van der Waals surface area contributed by atoms with Crippen molar-refractivity contribution >= 4 is 11.8 Å². The molecule has 0 saturated carbocycles. The number of unbranched alkanes of at least 4 members (excludes halogenated alkanes) is 1. The second kappa shape index (κ2) is 9.55. The lowest BCUT2D eigenvalue weighted by Gasteiger charge is -2.18. The van der Waals surface area contributed by atoms with Crippen LogP contribution in [0.5, 0.6) is 0 Å². The van der Waals surface area contributed by atoms with E-state index in [0.29, 0.717) is 5.92 Å². The molecule has 2 aliphatic rings. The van der Waals surface area contributed by atoms with E-state index in [9.17, 15) is 0 Å². The summed E-state index contributed by atoms with van der Waals surface area (Å²) in [7, 11) is 3.96. The standard InChI is InChI=1S/C26H35N3O/c1-4-5-11-19-12-8-6-7-9-13-20-16-21(19)25(29(20)2)17-24-26(30-3)18-23(28-24)22-14-10-15-27-22/h10,14-19,27H,4-9,11-13H2,1-3H3. The van der Waals surface area contributed by atoms with Gasteiger partial charge in [0.2, 0.25) is 0 Å². The average molecular weight is 406 g/mol. The number of allylic oxidation sites excluding steroid dienone is 1. The quantitative estimate of drug-likeness (QED) is 0.585. The number of aliphatic imine (C=N–C) groups is 1. The number of methoxy groups -OCH3 is 1. The number of aromatic amines is 1. The smallest absolute Gasteiger partial charge is 0.146 e. The molecule has 0 radical (unpaired) electrons. The molecule has 1 unspecified atom stereocenters. The summed E-state index contributed by atoms with van der Waals surface area (Å²) in [6, 6.07) is 6.54. The Morgan fingerprint density at radius 1 is 1.27 bits per heavy atom. The molecule has 4 rings (SSSR count). The first kappa shape index (κ1) is 20.8. The molecule has 4 nitrogen and oxygen atoms in total. The van der Waals surface area contributed by atoms with Gasteiger partial charge in [0, 0.05) is 30.7 Å². The van der Waals surface area contributed by atoms with Gasteiger partial charge in [-0.05, 0) is 61.4 Å². The monoisotopic (exact) mass is 405 g/mol. The van der Waals surface area contributed by atoms with Gasteiger partial charge in [-0.1, -0.05) is 39.0 Å². The van der Waals surface area contributed by atoms with Crippen molar-refractivity contribution in [2.24, 2.45) is 12.0 Å². The Morgan fingerprint density at radius 3 is 2.90 bits per heavy atom. The molecule has 0 amide bonds. The predicted molar refractivity (Wildman–Crippen MR) is 125 cm³/mol. The molecule has 1 N–H and O–H groups in total. The Kier molecular flexibility index (Phi) is 6.61. The third-order valence-corrected chi connectivity index (χ3v) is 6.62. The normalized spacial score (nSPS) is 20.9. The van der Waals surface area contributed by atoms with E-state index in [1.54, 1.807) is 7.11 Å². The summed E-state index contributed by atoms with van der Waals surface area (Å²) in [4.78, 5) is 8.16. The van der Waals surface area contributed by atoms with Gasteiger partial charge in [-0.25, -0.2) is 4.99 Å². The van der Waals surface area contributed by atoms with Gasteiger partial charge in [-0.3, -0.25) is 0 Å². The molecular weight excluding hydrogens is 370 g/mol. The SMILES string of the molecule is CCCCC1CCCCCCc2cc1c(C=C1N=C(c3ccc[nH]3)C=C1OC)n2C. The first-order chi connectivity index (χ1) is 14.7. The van der Waals surface area contributed by atoms with Crippen LogP contribution in [0, 0.1) is 0 Å². The molecule has 2 aromatic heterocycles. The number of H-pyrrole nitrogens is 1. The number of nitrogens with zero attached hydrogens (tertiary/aromatic N) is 2. The van der Waals surface area contributed by atoms with Gasteiger partial charge in [0.25, 0.3) is 0 Å². The van der Waals surface area contributed by atoms with Crippen molar-refractivity contribution in [1.29, 1.82) is 0 Å². The van der Waals surface area contributed by atoms with Crippen LogP contribution in [-0.4, -0.2) is 22.4 Å². The number of aromatic nitrogens is 2. The van der Waals surface area contributed by atoms with E-state index in [1.807, 2.05) is 24.4 Å². The second-order valence-electron chi connectivity index (χ2n) is 8.65. The molecule has 2 bridgehead atoms. The predicted octanol–water partition coefficient (Wildman–Crippen LogP) is 6.51. The first-order valence-corrected chi connectivity index (χ1v) is 11.6. The van der Waals surface area contributed by atoms with E-state index in [2.05, 4.69) is 35.7 Å². The lowest BCUT2D eigenvalue weighted by Crippen LogP contribution is -2.03. The number of aryl methyl sites for hydroxylation is 1. The van der Waals surface area contributed by atoms with Crippen LogP contribution in [0.3, 0.4) is 0 Å². The zero-order valence-electron chi connectivity index (χ0n) is 18.7. The summed E-state index contributed by atoms with van der Waals surface area (Å²) in [5.41, 5.74) is 7.14. The van der Waals surface area contributed by atoms with E-state index >= 15 is 0 Å². The Balaban J connectivity index is 1.76. The van der Waals surface area contributed by atoms with Crippen molar-refractivity contribution in [1.82, 2.24) is 9.55 Å². The van der Waals surface area contributed by atoms with Crippen LogP contribution in [0.25, 0.3) is 6.08 Å². The van der Waals surface area contributed by atoms with Crippen molar-refractivity contribution in [3.63, 3.8) is 0 Å². The summed E-state index contributed by atoms with van der Waals surface area (Å²) in [6.45, 7) is 2.30. The molecule has 1 aliphatic heterocycles. The molecule has 30 heavy (non-hydrogen) atoms. The summed E-state index contributed by atoms with van der Waals surface area (Å²) in [5, 5.41) is 0. The number of rotatable bonds is 6. The van der Waals surface area contributed by atoms with Crippen LogP contribution in [0.15, 0.2) is 46.9 Å². The third-order valence-electron chi connectivity index (χ3n) is 6.62. The van der Waals surface area contributed by atoms with Crippen LogP contribution in [0.2, 0.25) is 0 Å². The Bertz CT molecular complexity index is 943. The van der Waals surface area contributed by atoms with Crippen LogP contribution < -0.4 is 0 Å². The number of nitrogens with one attached hydrogen (secondary N) is 1. The third kappa shape index (κ3) is 4.33. The number of fused-ring (bicyclic) bond motifs is 2. The highest BCUT2D eigenvalue weighted by Crippen LogP contribution is 2.36. The Morgan fingerprint density at radius 2 is 2.13 bits per heavy atom. The molecule has 1 aliphatic carbocycles. The minimum atomic E-state index is 0.637. The molecule has 0 fully saturated rings. The molecule has 3 heterocycles. The number of hydrogen-bond acceptors (Lipinski definition) is 2. The van der Waals surface area contributed by atoms with Gasteiger partial charge in [0.15, 0.2) is 0 Å². The topological polar surface area (TPSA) is 42.3 Å². The van der Waals surface area contributed by atoms with Crippen molar-refractivity contribution in [2.75, 3.05) is 7.11 Å². The molecule has 2 aromatic rings. The van der Waals surface area contributed by atoms with E-state index in [4.69, 9.17) is 9.73 Å². The molecule has 4 heteroatoms. The molecular formula is C26H35N3O. The van der Waals surface area contributed by atoms with Gasteiger partial charge >= 0.3 is 0 Å². The van der Waals surface area contributed by atoms with Crippen LogP contribution in [0.4, 0.5) is 0 Å². The average Bonchev–Trinajstić information content (AvgIpc) is 3.48. The zero-order valence-corrected chi connectivity index (χ0v) is 18.7. The Hall–Kier alpha value is -2.49. The summed E-state index contributed by atoms with van der Waals surface area (Å²) < 4.78 is 8.10. The van der Waals surface area contributed by atoms with Crippen molar-refractivity contribution in [3.8, 4) is 0 Å². The maximum atomic E-state index is 5.70. The lowest BCUT2D eigenvalue weighted by molar-refractivity contribution is 0.303. The highest BCUT2D eigenvalue weighted by Gasteiger charge is 2.23. The second-order valence-corrected chi connectivity index (χ2v) is 8.65. The van der Waals surface area contributed by atoms with E-state index < -0.39 is 0 Å². The fourth-order valence-corrected chi connectivity index (χ4v) is 4.84. The van der Waals surface area contributed by atoms with Gasteiger partial charge < -0.3 is 14.3 Å². The highest BCUT2D eigenvalue weighted by atomic mass is 16.5. The molecule has 160 valence electrons. The molecule has 0 spiro atoms. The maximum Gasteiger partial charge on any atom is 0.146 e. The summed E-state index contributed by atoms with van der Waals surface area (Å²) >= 11 is 0. The largest absolute Gasteiger partial charge is 0.494 e. The van der Waals surface area contributed by atoms with Gasteiger partial charge in [-0.2, -0.15) is 0 Å². The van der Waals surface area contributed by atoms with Gasteiger partial charge in [0.1, 0.15) is 11.5 Å². The van der Waals surface area contributed by atoms with Crippen LogP contribution in [-0.2, 0) is 18.2 Å². The van der Waals surface area contributed by atoms with Gasteiger partial charge in [-0.15, -0.1) is 0 Å². The number of ether oxygens (including phenoxy) is 1. The maximum absolute atomic E-state index is 5.70. The van der Waals surface area contributed by atoms with Gasteiger partial charge in [0.05, 0.1) is 18.5 Å². The van der Waals surface area contributed by atoms with Crippen LogP contribution in [0.1, 0.15) is 86.9 Å². The van der Waals surface area contributed by atoms with Crippen molar-refractivity contribution in [2.45, 2.75) is 70.6 Å². The van der Waals surface area contributed by atoms with Crippen LogP contribution >= 0.6 is 0 Å². The summed E-state index contributed by atoms with van der Waals surface area (Å²) in [5.74, 6) is 1.47. The minimum Gasteiger partial charge on any atom is -0.494 e. The number of hydrogen-bond donors (Lipinski definition) is 1. The van der Waals surface area contributed by atoms with E-state index in [-0.39, 0.29) is 0 Å². The molecule has 0 saturated heterocycles.